The molecule has 4 nitrogen and oxygen atoms in total. The predicted molar refractivity (Wildman–Crippen MR) is 213 cm³/mol. The van der Waals surface area contributed by atoms with Crippen LogP contribution in [0.3, 0.4) is 0 Å². The molecular formula is C47H47N3O. The topological polar surface area (TPSA) is 50.9 Å². The second-order valence-electron chi connectivity index (χ2n) is 16.2. The molecule has 2 heterocycles. The van der Waals surface area contributed by atoms with Gasteiger partial charge in [0.15, 0.2) is 0 Å². The van der Waals surface area contributed by atoms with E-state index >= 15 is 0 Å². The number of nitrogens with zero attached hydrogens (tertiary/aromatic N) is 3. The average Bonchev–Trinajstić information content (AvgIpc) is 3.51. The maximum atomic E-state index is 12.2. The van der Waals surface area contributed by atoms with Gasteiger partial charge in [0.2, 0.25) is 0 Å². The summed E-state index contributed by atoms with van der Waals surface area (Å²) in [6, 6.07) is 44.5. The lowest BCUT2D eigenvalue weighted by Crippen LogP contribution is -2.21. The van der Waals surface area contributed by atoms with Crippen LogP contribution in [0.5, 0.6) is 5.75 Å². The van der Waals surface area contributed by atoms with Crippen LogP contribution in [0.25, 0.3) is 50.5 Å². The molecule has 0 spiro atoms. The molecule has 7 aromatic rings. The monoisotopic (exact) mass is 669 g/mol. The third-order valence-corrected chi connectivity index (χ3v) is 10.1. The molecule has 5 aromatic carbocycles. The van der Waals surface area contributed by atoms with Gasteiger partial charge in [0, 0.05) is 34.0 Å². The van der Waals surface area contributed by atoms with Crippen LogP contribution in [0, 0.1) is 0 Å². The van der Waals surface area contributed by atoms with Crippen molar-refractivity contribution in [1.82, 2.24) is 14.5 Å². The van der Waals surface area contributed by atoms with E-state index in [0.29, 0.717) is 11.4 Å². The molecule has 7 rings (SSSR count). The highest BCUT2D eigenvalue weighted by atomic mass is 16.3. The van der Waals surface area contributed by atoms with Gasteiger partial charge in [0.25, 0.3) is 0 Å². The highest BCUT2D eigenvalue weighted by molar-refractivity contribution is 5.97. The number of hydrogen-bond acceptors (Lipinski definition) is 3. The third kappa shape index (κ3) is 6.36. The first-order valence-electron chi connectivity index (χ1n) is 17.8. The van der Waals surface area contributed by atoms with Gasteiger partial charge in [0.1, 0.15) is 11.6 Å². The molecule has 0 bridgehead atoms. The number of phenolic OH excluding ortho intramolecular Hbond substituents is 1. The van der Waals surface area contributed by atoms with Crippen molar-refractivity contribution < 1.29 is 5.11 Å². The Hall–Kier alpha value is -5.48. The SMILES string of the molecule is CC(C)(C)c1cc(-c2ccccn2)cc(-c2cccc3c2nc(-c2cc(C(C)(C)c4ccccc4)cc(C(C)(C)C)c2O)n3-c2ccccc2)c1. The number of rotatable bonds is 6. The van der Waals surface area contributed by atoms with Crippen LogP contribution >= 0.6 is 0 Å². The molecule has 0 unspecified atom stereocenters. The van der Waals surface area contributed by atoms with E-state index in [0.717, 1.165) is 50.2 Å². The number of pyridine rings is 1. The summed E-state index contributed by atoms with van der Waals surface area (Å²) >= 11 is 0. The predicted octanol–water partition coefficient (Wildman–Crippen LogP) is 12.0. The van der Waals surface area contributed by atoms with Crippen molar-refractivity contribution in [3.63, 3.8) is 0 Å². The number of phenols is 1. The molecule has 256 valence electrons. The van der Waals surface area contributed by atoms with Crippen LogP contribution in [0.1, 0.15) is 77.6 Å². The number of aromatic nitrogens is 3. The molecule has 0 saturated heterocycles. The Morgan fingerprint density at radius 3 is 1.86 bits per heavy atom. The van der Waals surface area contributed by atoms with E-state index in [1.807, 2.05) is 24.4 Å². The van der Waals surface area contributed by atoms with E-state index in [9.17, 15) is 5.11 Å². The molecule has 0 saturated carbocycles. The number of imidazole rings is 1. The first-order chi connectivity index (χ1) is 24.2. The molecule has 2 aromatic heterocycles. The van der Waals surface area contributed by atoms with E-state index in [2.05, 4.69) is 169 Å². The standard InChI is InChI=1S/C47H47N3O/c1-45(2,3)34-27-31(26-32(28-34)40-23-15-16-25-48-40)37-22-17-24-41-42(37)49-44(50(41)36-20-13-10-14-21-36)38-29-35(30-39(43(38)51)46(4,5)6)47(7,8)33-18-11-9-12-19-33/h9-30,51H,1-8H3. The Morgan fingerprint density at radius 2 is 1.22 bits per heavy atom. The number of aromatic hydroxyl groups is 1. The Bertz CT molecular complexity index is 2340. The van der Waals surface area contributed by atoms with Gasteiger partial charge in [-0.2, -0.15) is 0 Å². The van der Waals surface area contributed by atoms with Gasteiger partial charge in [-0.25, -0.2) is 4.98 Å². The first kappa shape index (κ1) is 34.0. The summed E-state index contributed by atoms with van der Waals surface area (Å²) in [5.74, 6) is 0.964. The van der Waals surface area contributed by atoms with Crippen molar-refractivity contribution in [3.8, 4) is 45.2 Å². The maximum Gasteiger partial charge on any atom is 0.149 e. The molecular weight excluding hydrogens is 623 g/mol. The Morgan fingerprint density at radius 1 is 0.549 bits per heavy atom. The van der Waals surface area contributed by atoms with Crippen molar-refractivity contribution in [2.75, 3.05) is 0 Å². The molecule has 1 N–H and O–H groups in total. The minimum Gasteiger partial charge on any atom is -0.507 e. The van der Waals surface area contributed by atoms with Gasteiger partial charge in [-0.05, 0) is 81.6 Å². The number of hydrogen-bond donors (Lipinski definition) is 1. The molecule has 0 amide bonds. The van der Waals surface area contributed by atoms with E-state index in [1.165, 1.54) is 11.1 Å². The fourth-order valence-electron chi connectivity index (χ4n) is 7.01. The van der Waals surface area contributed by atoms with Crippen molar-refractivity contribution >= 4 is 11.0 Å². The van der Waals surface area contributed by atoms with Gasteiger partial charge in [-0.15, -0.1) is 0 Å². The maximum absolute atomic E-state index is 12.2. The molecule has 0 atom stereocenters. The van der Waals surface area contributed by atoms with Crippen LogP contribution in [0.2, 0.25) is 0 Å². The number of benzene rings is 5. The van der Waals surface area contributed by atoms with Gasteiger partial charge >= 0.3 is 0 Å². The number of fused-ring (bicyclic) bond motifs is 1. The Balaban J connectivity index is 1.54. The van der Waals surface area contributed by atoms with Gasteiger partial charge in [0.05, 0.1) is 22.3 Å². The molecule has 51 heavy (non-hydrogen) atoms. The highest BCUT2D eigenvalue weighted by Gasteiger charge is 2.31. The minimum atomic E-state index is -0.326. The van der Waals surface area contributed by atoms with E-state index in [-0.39, 0.29) is 22.0 Å². The fraction of sp³-hybridized carbons (Fsp3) is 0.234. The second-order valence-corrected chi connectivity index (χ2v) is 16.2. The smallest absolute Gasteiger partial charge is 0.149 e. The van der Waals surface area contributed by atoms with Gasteiger partial charge in [-0.1, -0.05) is 134 Å². The summed E-state index contributed by atoms with van der Waals surface area (Å²) in [4.78, 5) is 10.2. The van der Waals surface area contributed by atoms with E-state index in [4.69, 9.17) is 9.97 Å². The summed E-state index contributed by atoms with van der Waals surface area (Å²) < 4.78 is 2.20. The quantitative estimate of drug-likeness (QED) is 0.192. The van der Waals surface area contributed by atoms with Crippen LogP contribution in [-0.2, 0) is 16.2 Å². The molecule has 0 aliphatic carbocycles. The molecule has 0 aliphatic heterocycles. The van der Waals surface area contributed by atoms with Crippen molar-refractivity contribution in [2.24, 2.45) is 0 Å². The van der Waals surface area contributed by atoms with Crippen LogP contribution < -0.4 is 0 Å². The molecule has 0 aliphatic rings. The Kier molecular flexibility index (Phi) is 8.46. The molecule has 4 heteroatoms. The highest BCUT2D eigenvalue weighted by Crippen LogP contribution is 2.45. The third-order valence-electron chi connectivity index (χ3n) is 10.1. The van der Waals surface area contributed by atoms with Crippen LogP contribution in [0.4, 0.5) is 0 Å². The zero-order valence-corrected chi connectivity index (χ0v) is 31.0. The number of para-hydroxylation sites is 2. The summed E-state index contributed by atoms with van der Waals surface area (Å²) in [5.41, 5.74) is 11.4. The lowest BCUT2D eigenvalue weighted by Gasteiger charge is -2.30. The van der Waals surface area contributed by atoms with Gasteiger partial charge < -0.3 is 5.11 Å². The summed E-state index contributed by atoms with van der Waals surface area (Å²) in [7, 11) is 0. The fourth-order valence-corrected chi connectivity index (χ4v) is 7.01. The van der Waals surface area contributed by atoms with Crippen molar-refractivity contribution in [2.45, 2.75) is 71.6 Å². The summed E-state index contributed by atoms with van der Waals surface area (Å²) in [6.45, 7) is 17.7. The average molecular weight is 670 g/mol. The van der Waals surface area contributed by atoms with Crippen molar-refractivity contribution in [3.05, 3.63) is 156 Å². The van der Waals surface area contributed by atoms with Gasteiger partial charge in [-0.3, -0.25) is 9.55 Å². The van der Waals surface area contributed by atoms with Crippen LogP contribution in [0.15, 0.2) is 134 Å². The first-order valence-corrected chi connectivity index (χ1v) is 17.8. The zero-order chi connectivity index (χ0) is 36.1. The summed E-state index contributed by atoms with van der Waals surface area (Å²) in [6.07, 6.45) is 1.85. The normalized spacial score (nSPS) is 12.4. The molecule has 0 fully saturated rings. The Labute approximate surface area is 302 Å². The van der Waals surface area contributed by atoms with E-state index in [1.54, 1.807) is 0 Å². The summed E-state index contributed by atoms with van der Waals surface area (Å²) in [5, 5.41) is 12.2. The van der Waals surface area contributed by atoms with E-state index < -0.39 is 0 Å². The lowest BCUT2D eigenvalue weighted by molar-refractivity contribution is 0.446. The molecule has 0 radical (unpaired) electrons. The minimum absolute atomic E-state index is 0.0802. The van der Waals surface area contributed by atoms with Crippen molar-refractivity contribution in [1.29, 1.82) is 0 Å². The second kappa shape index (κ2) is 12.7. The van der Waals surface area contributed by atoms with Crippen LogP contribution in [-0.4, -0.2) is 19.6 Å². The lowest BCUT2D eigenvalue weighted by atomic mass is 9.74. The zero-order valence-electron chi connectivity index (χ0n) is 31.0. The largest absolute Gasteiger partial charge is 0.507 e.